The molecule has 0 bridgehead atoms. The van der Waals surface area contributed by atoms with Crippen molar-refractivity contribution < 1.29 is 8.42 Å². The van der Waals surface area contributed by atoms with Crippen molar-refractivity contribution in [3.8, 4) is 0 Å². The predicted octanol–water partition coefficient (Wildman–Crippen LogP) is -0.608. The van der Waals surface area contributed by atoms with Crippen LogP contribution in [0.25, 0.3) is 0 Å². The summed E-state index contributed by atoms with van der Waals surface area (Å²) in [4.78, 5) is 6.35. The summed E-state index contributed by atoms with van der Waals surface area (Å²) in [6.45, 7) is 3.66. The van der Waals surface area contributed by atoms with E-state index in [-0.39, 0.29) is 11.1 Å². The number of rotatable bonds is 2. The van der Waals surface area contributed by atoms with Crippen LogP contribution in [0.3, 0.4) is 0 Å². The van der Waals surface area contributed by atoms with E-state index < -0.39 is 10.0 Å². The van der Waals surface area contributed by atoms with Crippen molar-refractivity contribution in [1.82, 2.24) is 19.6 Å². The minimum atomic E-state index is -3.38. The fourth-order valence-corrected chi connectivity index (χ4v) is 3.06. The van der Waals surface area contributed by atoms with Gasteiger partial charge in [-0.3, -0.25) is 0 Å². The van der Waals surface area contributed by atoms with Gasteiger partial charge in [0.2, 0.25) is 0 Å². The van der Waals surface area contributed by atoms with Crippen molar-refractivity contribution in [2.75, 3.05) is 19.6 Å². The maximum Gasteiger partial charge on any atom is 0.260 e. The lowest BCUT2D eigenvalue weighted by Crippen LogP contribution is -2.51. The molecule has 0 spiro atoms. The third kappa shape index (κ3) is 2.04. The molecule has 0 amide bonds. The number of nitrogens with zero attached hydrogens (tertiary/aromatic N) is 2. The molecule has 84 valence electrons. The van der Waals surface area contributed by atoms with E-state index in [1.54, 1.807) is 0 Å². The smallest absolute Gasteiger partial charge is 0.260 e. The molecule has 15 heavy (non-hydrogen) atoms. The first-order chi connectivity index (χ1) is 7.10. The molecule has 1 unspecified atom stereocenters. The number of sulfonamides is 1. The van der Waals surface area contributed by atoms with E-state index in [1.165, 1.54) is 16.8 Å². The average molecular weight is 230 g/mol. The van der Waals surface area contributed by atoms with E-state index >= 15 is 0 Å². The topological polar surface area (TPSA) is 78.1 Å². The molecule has 6 nitrogen and oxygen atoms in total. The van der Waals surface area contributed by atoms with Crippen LogP contribution in [0.2, 0.25) is 0 Å². The van der Waals surface area contributed by atoms with Crippen LogP contribution in [0.4, 0.5) is 0 Å². The summed E-state index contributed by atoms with van der Waals surface area (Å²) in [5.74, 6) is 0. The Balaban J connectivity index is 2.22. The molecular formula is C8H14N4O2S. The van der Waals surface area contributed by atoms with E-state index in [0.717, 1.165) is 0 Å². The van der Waals surface area contributed by atoms with Crippen molar-refractivity contribution >= 4 is 10.0 Å². The lowest BCUT2D eigenvalue weighted by molar-refractivity contribution is 0.309. The normalized spacial score (nSPS) is 24.2. The standard InChI is InChI=1S/C8H14N4O2S/c1-7-5-12(3-2-10-7)15(13,14)8-4-9-6-11-8/h4,6-7,10H,2-3,5H2,1H3,(H,9,11). The molecule has 0 saturated carbocycles. The Morgan fingerprint density at radius 1 is 1.60 bits per heavy atom. The third-order valence-electron chi connectivity index (χ3n) is 2.42. The number of aromatic nitrogens is 2. The van der Waals surface area contributed by atoms with E-state index in [4.69, 9.17) is 0 Å². The van der Waals surface area contributed by atoms with Crippen molar-refractivity contribution in [2.24, 2.45) is 0 Å². The fraction of sp³-hybridized carbons (Fsp3) is 0.625. The van der Waals surface area contributed by atoms with Gasteiger partial charge in [-0.05, 0) is 6.92 Å². The second kappa shape index (κ2) is 3.92. The van der Waals surface area contributed by atoms with Crippen LogP contribution in [-0.2, 0) is 10.0 Å². The van der Waals surface area contributed by atoms with Gasteiger partial charge in [-0.2, -0.15) is 4.31 Å². The van der Waals surface area contributed by atoms with Gasteiger partial charge in [-0.25, -0.2) is 13.4 Å². The lowest BCUT2D eigenvalue weighted by atomic mass is 10.3. The number of aromatic amines is 1. The molecule has 1 aromatic rings. The number of hydrogen-bond acceptors (Lipinski definition) is 4. The van der Waals surface area contributed by atoms with Gasteiger partial charge in [0.15, 0.2) is 5.03 Å². The summed E-state index contributed by atoms with van der Waals surface area (Å²) in [6, 6.07) is 0.191. The van der Waals surface area contributed by atoms with E-state index in [0.29, 0.717) is 19.6 Å². The molecule has 1 aliphatic heterocycles. The zero-order valence-corrected chi connectivity index (χ0v) is 9.29. The number of nitrogens with one attached hydrogen (secondary N) is 2. The van der Waals surface area contributed by atoms with Crippen molar-refractivity contribution in [2.45, 2.75) is 18.0 Å². The summed E-state index contributed by atoms with van der Waals surface area (Å²) in [6.07, 6.45) is 2.71. The monoisotopic (exact) mass is 230 g/mol. The Morgan fingerprint density at radius 3 is 3.00 bits per heavy atom. The Bertz CT molecular complexity index is 414. The molecule has 2 heterocycles. The largest absolute Gasteiger partial charge is 0.335 e. The van der Waals surface area contributed by atoms with Gasteiger partial charge >= 0.3 is 0 Å². The number of imidazole rings is 1. The molecule has 1 atom stereocenters. The van der Waals surface area contributed by atoms with Crippen molar-refractivity contribution in [1.29, 1.82) is 0 Å². The molecular weight excluding hydrogens is 216 g/mol. The Morgan fingerprint density at radius 2 is 2.40 bits per heavy atom. The van der Waals surface area contributed by atoms with Crippen LogP contribution in [0, 0.1) is 0 Å². The van der Waals surface area contributed by atoms with Crippen LogP contribution < -0.4 is 5.32 Å². The third-order valence-corrected chi connectivity index (χ3v) is 4.21. The Hall–Kier alpha value is -0.920. The maximum absolute atomic E-state index is 12.0. The van der Waals surface area contributed by atoms with Gasteiger partial charge in [0.25, 0.3) is 10.0 Å². The molecule has 0 radical (unpaired) electrons. The molecule has 0 aliphatic carbocycles. The van der Waals surface area contributed by atoms with E-state index in [9.17, 15) is 8.42 Å². The first-order valence-electron chi connectivity index (χ1n) is 4.82. The van der Waals surface area contributed by atoms with Gasteiger partial charge in [-0.15, -0.1) is 0 Å². The molecule has 2 N–H and O–H groups in total. The number of hydrogen-bond donors (Lipinski definition) is 2. The second-order valence-corrected chi connectivity index (χ2v) is 5.54. The molecule has 7 heteroatoms. The highest BCUT2D eigenvalue weighted by Gasteiger charge is 2.29. The maximum atomic E-state index is 12.0. The zero-order chi connectivity index (χ0) is 10.9. The van der Waals surface area contributed by atoms with Crippen molar-refractivity contribution in [3.05, 3.63) is 12.5 Å². The number of piperazine rings is 1. The fourth-order valence-electron chi connectivity index (χ4n) is 1.64. The van der Waals surface area contributed by atoms with Gasteiger partial charge < -0.3 is 10.3 Å². The minimum Gasteiger partial charge on any atom is -0.335 e. The highest BCUT2D eigenvalue weighted by atomic mass is 32.2. The summed E-state index contributed by atoms with van der Waals surface area (Å²) >= 11 is 0. The quantitative estimate of drug-likeness (QED) is 0.710. The lowest BCUT2D eigenvalue weighted by Gasteiger charge is -2.30. The summed E-state index contributed by atoms with van der Waals surface area (Å²) in [7, 11) is -3.38. The predicted molar refractivity (Wildman–Crippen MR) is 54.8 cm³/mol. The second-order valence-electron chi connectivity index (χ2n) is 3.63. The molecule has 1 aromatic heterocycles. The first kappa shape index (κ1) is 10.6. The van der Waals surface area contributed by atoms with Crippen LogP contribution in [0.5, 0.6) is 0 Å². The van der Waals surface area contributed by atoms with Gasteiger partial charge in [0.1, 0.15) is 0 Å². The van der Waals surface area contributed by atoms with Crippen LogP contribution in [0.1, 0.15) is 6.92 Å². The first-order valence-corrected chi connectivity index (χ1v) is 6.26. The molecule has 2 rings (SSSR count). The average Bonchev–Trinajstić information content (AvgIpc) is 2.71. The molecule has 1 fully saturated rings. The van der Waals surface area contributed by atoms with E-state index in [1.807, 2.05) is 6.92 Å². The minimum absolute atomic E-state index is 0.164. The van der Waals surface area contributed by atoms with Gasteiger partial charge in [0.05, 0.1) is 12.5 Å². The molecule has 1 aliphatic rings. The SMILES string of the molecule is CC1CN(S(=O)(=O)c2cnc[nH]2)CCN1. The highest BCUT2D eigenvalue weighted by molar-refractivity contribution is 7.89. The Kier molecular flexibility index (Phi) is 2.76. The number of H-pyrrole nitrogens is 1. The summed E-state index contributed by atoms with van der Waals surface area (Å²) < 4.78 is 25.5. The van der Waals surface area contributed by atoms with Crippen LogP contribution in [-0.4, -0.2) is 48.4 Å². The van der Waals surface area contributed by atoms with Crippen LogP contribution in [0.15, 0.2) is 17.6 Å². The van der Waals surface area contributed by atoms with Crippen LogP contribution >= 0.6 is 0 Å². The Labute approximate surface area is 88.7 Å². The van der Waals surface area contributed by atoms with Gasteiger partial charge in [0, 0.05) is 25.7 Å². The van der Waals surface area contributed by atoms with Gasteiger partial charge in [-0.1, -0.05) is 0 Å². The highest BCUT2D eigenvalue weighted by Crippen LogP contribution is 2.13. The summed E-state index contributed by atoms with van der Waals surface area (Å²) in [5, 5.41) is 3.36. The summed E-state index contributed by atoms with van der Waals surface area (Å²) in [5.41, 5.74) is 0. The zero-order valence-electron chi connectivity index (χ0n) is 8.47. The van der Waals surface area contributed by atoms with Crippen molar-refractivity contribution in [3.63, 3.8) is 0 Å². The molecule has 0 aromatic carbocycles. The molecule has 1 saturated heterocycles. The van der Waals surface area contributed by atoms with E-state index in [2.05, 4.69) is 15.3 Å².